The fourth-order valence-corrected chi connectivity index (χ4v) is 1.79. The largest absolute Gasteiger partial charge is 0.493 e. The summed E-state index contributed by atoms with van der Waals surface area (Å²) in [6.45, 7) is 8.24. The molecule has 2 rings (SSSR count). The Morgan fingerprint density at radius 2 is 2.12 bits per heavy atom. The van der Waals surface area contributed by atoms with Gasteiger partial charge in [0.15, 0.2) is 0 Å². The first-order valence-corrected chi connectivity index (χ1v) is 6.61. The van der Waals surface area contributed by atoms with Crippen LogP contribution in [0.2, 0.25) is 0 Å². The van der Waals surface area contributed by atoms with Gasteiger partial charge in [-0.3, -0.25) is 0 Å². The van der Waals surface area contributed by atoms with Gasteiger partial charge in [0, 0.05) is 18.2 Å². The molecular weight excluding hydrogens is 210 g/mol. The molecule has 0 saturated heterocycles. The van der Waals surface area contributed by atoms with Gasteiger partial charge in [-0.05, 0) is 31.7 Å². The highest BCUT2D eigenvalue weighted by atomic mass is 16.5. The zero-order chi connectivity index (χ0) is 12.3. The van der Waals surface area contributed by atoms with Crippen LogP contribution in [0.1, 0.15) is 37.8 Å². The third-order valence-electron chi connectivity index (χ3n) is 3.09. The lowest BCUT2D eigenvalue weighted by atomic mass is 10.1. The molecule has 0 heterocycles. The van der Waals surface area contributed by atoms with Gasteiger partial charge in [-0.15, -0.1) is 0 Å². The van der Waals surface area contributed by atoms with Gasteiger partial charge in [0.05, 0.1) is 6.61 Å². The molecule has 0 aliphatic heterocycles. The molecule has 94 valence electrons. The summed E-state index contributed by atoms with van der Waals surface area (Å²) in [6.07, 6.45) is 2.68. The van der Waals surface area contributed by atoms with Crippen LogP contribution in [0.15, 0.2) is 18.2 Å². The van der Waals surface area contributed by atoms with Crippen LogP contribution in [0.4, 0.5) is 0 Å². The van der Waals surface area contributed by atoms with E-state index in [2.05, 4.69) is 44.3 Å². The van der Waals surface area contributed by atoms with E-state index in [0.717, 1.165) is 24.8 Å². The summed E-state index contributed by atoms with van der Waals surface area (Å²) in [5, 5.41) is 3.45. The highest BCUT2D eigenvalue weighted by molar-refractivity contribution is 5.36. The van der Waals surface area contributed by atoms with Crippen LogP contribution in [0, 0.1) is 12.8 Å². The standard InChI is InChI=1S/C15H23NO/c1-11(2)16-9-14-8-12(3)4-7-15(14)17-10-13-5-6-13/h4,7-8,11,13,16H,5-6,9-10H2,1-3H3. The van der Waals surface area contributed by atoms with Crippen molar-refractivity contribution in [2.45, 2.75) is 46.2 Å². The molecule has 1 N–H and O–H groups in total. The summed E-state index contributed by atoms with van der Waals surface area (Å²) >= 11 is 0. The van der Waals surface area contributed by atoms with Gasteiger partial charge in [-0.1, -0.05) is 31.5 Å². The van der Waals surface area contributed by atoms with Crippen LogP contribution in [-0.4, -0.2) is 12.6 Å². The van der Waals surface area contributed by atoms with Gasteiger partial charge >= 0.3 is 0 Å². The molecule has 0 aromatic heterocycles. The molecule has 0 bridgehead atoms. The highest BCUT2D eigenvalue weighted by Crippen LogP contribution is 2.30. The van der Waals surface area contributed by atoms with Gasteiger partial charge in [-0.2, -0.15) is 0 Å². The Balaban J connectivity index is 2.00. The molecule has 1 saturated carbocycles. The second-order valence-electron chi connectivity index (χ2n) is 5.40. The molecule has 2 heteroatoms. The third-order valence-corrected chi connectivity index (χ3v) is 3.09. The van der Waals surface area contributed by atoms with Crippen molar-refractivity contribution < 1.29 is 4.74 Å². The number of hydrogen-bond donors (Lipinski definition) is 1. The third kappa shape index (κ3) is 4.04. The van der Waals surface area contributed by atoms with Crippen LogP contribution in [0.25, 0.3) is 0 Å². The fraction of sp³-hybridized carbons (Fsp3) is 0.600. The van der Waals surface area contributed by atoms with E-state index in [4.69, 9.17) is 4.74 Å². The number of nitrogens with one attached hydrogen (secondary N) is 1. The molecule has 2 nitrogen and oxygen atoms in total. The normalized spacial score (nSPS) is 15.3. The van der Waals surface area contributed by atoms with Gasteiger partial charge in [0.1, 0.15) is 5.75 Å². The maximum atomic E-state index is 5.91. The number of aryl methyl sites for hydroxylation is 1. The quantitative estimate of drug-likeness (QED) is 0.814. The van der Waals surface area contributed by atoms with Crippen molar-refractivity contribution >= 4 is 0 Å². The van der Waals surface area contributed by atoms with Crippen molar-refractivity contribution in [3.8, 4) is 5.75 Å². The van der Waals surface area contributed by atoms with Crippen molar-refractivity contribution in [3.05, 3.63) is 29.3 Å². The van der Waals surface area contributed by atoms with E-state index >= 15 is 0 Å². The van der Waals surface area contributed by atoms with E-state index in [1.54, 1.807) is 0 Å². The molecule has 1 aromatic rings. The SMILES string of the molecule is Cc1ccc(OCC2CC2)c(CNC(C)C)c1. The van der Waals surface area contributed by atoms with Crippen molar-refractivity contribution in [2.75, 3.05) is 6.61 Å². The minimum absolute atomic E-state index is 0.506. The molecule has 0 amide bonds. The molecule has 0 atom stereocenters. The second kappa shape index (κ2) is 5.54. The molecule has 0 spiro atoms. The average Bonchev–Trinajstić information content (AvgIpc) is 3.09. The van der Waals surface area contributed by atoms with Crippen molar-refractivity contribution in [1.29, 1.82) is 0 Å². The summed E-state index contributed by atoms with van der Waals surface area (Å²) in [7, 11) is 0. The molecular formula is C15H23NO. The van der Waals surface area contributed by atoms with Crippen molar-refractivity contribution in [1.82, 2.24) is 5.32 Å². The molecule has 17 heavy (non-hydrogen) atoms. The van der Waals surface area contributed by atoms with Gasteiger partial charge in [-0.25, -0.2) is 0 Å². The number of hydrogen-bond acceptors (Lipinski definition) is 2. The average molecular weight is 233 g/mol. The summed E-state index contributed by atoms with van der Waals surface area (Å²) in [5.41, 5.74) is 2.57. The van der Waals surface area contributed by atoms with Crippen LogP contribution < -0.4 is 10.1 Å². The first-order chi connectivity index (χ1) is 8.15. The predicted molar refractivity (Wildman–Crippen MR) is 71.4 cm³/mol. The van der Waals surface area contributed by atoms with Gasteiger partial charge < -0.3 is 10.1 Å². The van der Waals surface area contributed by atoms with E-state index < -0.39 is 0 Å². The smallest absolute Gasteiger partial charge is 0.123 e. The first-order valence-electron chi connectivity index (χ1n) is 6.61. The Morgan fingerprint density at radius 3 is 2.76 bits per heavy atom. The molecule has 1 aliphatic carbocycles. The topological polar surface area (TPSA) is 21.3 Å². The van der Waals surface area contributed by atoms with E-state index in [9.17, 15) is 0 Å². The molecule has 1 fully saturated rings. The maximum absolute atomic E-state index is 5.91. The van der Waals surface area contributed by atoms with Crippen LogP contribution in [0.3, 0.4) is 0 Å². The number of ether oxygens (including phenoxy) is 1. The van der Waals surface area contributed by atoms with Crippen LogP contribution >= 0.6 is 0 Å². The van der Waals surface area contributed by atoms with Crippen LogP contribution in [0.5, 0.6) is 5.75 Å². The number of rotatable bonds is 6. The Labute approximate surface area is 104 Å². The van der Waals surface area contributed by atoms with E-state index in [1.807, 2.05) is 0 Å². The maximum Gasteiger partial charge on any atom is 0.123 e. The summed E-state index contributed by atoms with van der Waals surface area (Å²) in [5.74, 6) is 1.86. The molecule has 0 radical (unpaired) electrons. The Hall–Kier alpha value is -1.02. The summed E-state index contributed by atoms with van der Waals surface area (Å²) in [6, 6.07) is 6.96. The Bertz CT molecular complexity index is 369. The lowest BCUT2D eigenvalue weighted by Gasteiger charge is -2.14. The predicted octanol–water partition coefficient (Wildman–Crippen LogP) is 3.28. The lowest BCUT2D eigenvalue weighted by Crippen LogP contribution is -2.22. The first kappa shape index (κ1) is 12.4. The summed E-state index contributed by atoms with van der Waals surface area (Å²) in [4.78, 5) is 0. The zero-order valence-corrected chi connectivity index (χ0v) is 11.1. The van der Waals surface area contributed by atoms with Gasteiger partial charge in [0.2, 0.25) is 0 Å². The van der Waals surface area contributed by atoms with E-state index in [1.165, 1.54) is 24.0 Å². The van der Waals surface area contributed by atoms with Gasteiger partial charge in [0.25, 0.3) is 0 Å². The lowest BCUT2D eigenvalue weighted by molar-refractivity contribution is 0.295. The van der Waals surface area contributed by atoms with Crippen molar-refractivity contribution in [2.24, 2.45) is 5.92 Å². The second-order valence-corrected chi connectivity index (χ2v) is 5.40. The Morgan fingerprint density at radius 1 is 1.35 bits per heavy atom. The molecule has 1 aliphatic rings. The highest BCUT2D eigenvalue weighted by Gasteiger charge is 2.22. The Kier molecular flexibility index (Phi) is 4.06. The minimum Gasteiger partial charge on any atom is -0.493 e. The summed E-state index contributed by atoms with van der Waals surface area (Å²) < 4.78 is 5.91. The molecule has 0 unspecified atom stereocenters. The van der Waals surface area contributed by atoms with E-state index in [-0.39, 0.29) is 0 Å². The molecule has 1 aromatic carbocycles. The van der Waals surface area contributed by atoms with Crippen molar-refractivity contribution in [3.63, 3.8) is 0 Å². The number of benzene rings is 1. The van der Waals surface area contributed by atoms with E-state index in [0.29, 0.717) is 6.04 Å². The zero-order valence-electron chi connectivity index (χ0n) is 11.1. The van der Waals surface area contributed by atoms with Crippen LogP contribution in [-0.2, 0) is 6.54 Å². The minimum atomic E-state index is 0.506. The monoisotopic (exact) mass is 233 g/mol. The fourth-order valence-electron chi connectivity index (χ4n) is 1.79.